The number of fused-ring (bicyclic) bond motifs is 1. The van der Waals surface area contributed by atoms with Crippen LogP contribution in [-0.2, 0) is 6.54 Å². The molecule has 0 fully saturated rings. The molecule has 134 valence electrons. The summed E-state index contributed by atoms with van der Waals surface area (Å²) in [5.41, 5.74) is 5.95. The number of rotatable bonds is 5. The molecule has 0 bridgehead atoms. The lowest BCUT2D eigenvalue weighted by molar-refractivity contribution is 0.101. The van der Waals surface area contributed by atoms with Gasteiger partial charge in [-0.25, -0.2) is 0 Å². The van der Waals surface area contributed by atoms with Crippen LogP contribution in [0.1, 0.15) is 46.9 Å². The van der Waals surface area contributed by atoms with Crippen LogP contribution in [0.3, 0.4) is 0 Å². The van der Waals surface area contributed by atoms with Gasteiger partial charge in [-0.2, -0.15) is 0 Å². The number of anilines is 1. The number of para-hydroxylation sites is 1. The average molecular weight is 346 g/mol. The van der Waals surface area contributed by atoms with Crippen molar-refractivity contribution in [1.82, 2.24) is 4.57 Å². The Hall–Kier alpha value is -2.81. The molecule has 3 rings (SSSR count). The quantitative estimate of drug-likeness (QED) is 0.580. The molecule has 0 spiro atoms. The van der Waals surface area contributed by atoms with E-state index in [4.69, 9.17) is 0 Å². The molecule has 0 aliphatic heterocycles. The molecular weight excluding hydrogens is 320 g/mol. The molecule has 1 amide bonds. The van der Waals surface area contributed by atoms with Gasteiger partial charge < -0.3 is 9.88 Å². The highest BCUT2D eigenvalue weighted by molar-refractivity contribution is 6.08. The lowest BCUT2D eigenvalue weighted by atomic mass is 10.0. The molecule has 0 unspecified atom stereocenters. The standard InChI is InChI=1S/C23H26N2O/c1-6-13-25-21-12-11-18(15(2)3)14-19(21)17(5)22(25)23(26)24-20-10-8-7-9-16(20)4/h6-12,14-15H,1,13H2,2-5H3,(H,24,26). The number of hydrogen-bond donors (Lipinski definition) is 1. The fraction of sp³-hybridized carbons (Fsp3) is 0.261. The van der Waals surface area contributed by atoms with Gasteiger partial charge >= 0.3 is 0 Å². The Labute approximate surface area is 155 Å². The van der Waals surface area contributed by atoms with Crippen LogP contribution < -0.4 is 5.32 Å². The molecule has 0 aliphatic carbocycles. The molecule has 1 heterocycles. The molecule has 3 nitrogen and oxygen atoms in total. The molecular formula is C23H26N2O. The molecule has 2 aromatic carbocycles. The fourth-order valence-corrected chi connectivity index (χ4v) is 3.41. The van der Waals surface area contributed by atoms with E-state index in [0.717, 1.165) is 27.7 Å². The first kappa shape index (κ1) is 18.0. The third-order valence-electron chi connectivity index (χ3n) is 4.93. The summed E-state index contributed by atoms with van der Waals surface area (Å²) in [5, 5.41) is 4.20. The van der Waals surface area contributed by atoms with E-state index >= 15 is 0 Å². The van der Waals surface area contributed by atoms with Crippen LogP contribution in [0.15, 0.2) is 55.1 Å². The number of benzene rings is 2. The second kappa shape index (κ2) is 7.20. The Morgan fingerprint density at radius 1 is 1.19 bits per heavy atom. The largest absolute Gasteiger partial charge is 0.332 e. The number of amides is 1. The van der Waals surface area contributed by atoms with Crippen LogP contribution in [0.25, 0.3) is 10.9 Å². The molecule has 0 aliphatic rings. The van der Waals surface area contributed by atoms with Crippen molar-refractivity contribution in [1.29, 1.82) is 0 Å². The van der Waals surface area contributed by atoms with E-state index in [1.807, 2.05) is 44.2 Å². The topological polar surface area (TPSA) is 34.0 Å². The predicted octanol–water partition coefficient (Wildman–Crippen LogP) is 5.82. The molecule has 26 heavy (non-hydrogen) atoms. The smallest absolute Gasteiger partial charge is 0.272 e. The maximum atomic E-state index is 13.1. The molecule has 1 aromatic heterocycles. The molecule has 0 saturated carbocycles. The molecule has 0 saturated heterocycles. The monoisotopic (exact) mass is 346 g/mol. The van der Waals surface area contributed by atoms with E-state index in [1.165, 1.54) is 5.56 Å². The van der Waals surface area contributed by atoms with Gasteiger partial charge in [0.25, 0.3) is 5.91 Å². The van der Waals surface area contributed by atoms with Gasteiger partial charge in [0, 0.05) is 23.1 Å². The lowest BCUT2D eigenvalue weighted by Crippen LogP contribution is -2.18. The number of aryl methyl sites for hydroxylation is 2. The first-order valence-corrected chi connectivity index (χ1v) is 9.04. The van der Waals surface area contributed by atoms with Crippen molar-refractivity contribution < 1.29 is 4.79 Å². The maximum absolute atomic E-state index is 13.1. The number of nitrogens with one attached hydrogen (secondary N) is 1. The van der Waals surface area contributed by atoms with E-state index in [-0.39, 0.29) is 5.91 Å². The Balaban J connectivity index is 2.13. The SMILES string of the molecule is C=CCn1c(C(=O)Nc2ccccc2C)c(C)c2cc(C(C)C)ccc21. The van der Waals surface area contributed by atoms with Crippen molar-refractivity contribution in [3.05, 3.63) is 77.5 Å². The van der Waals surface area contributed by atoms with Gasteiger partial charge in [0.05, 0.1) is 0 Å². The fourth-order valence-electron chi connectivity index (χ4n) is 3.41. The maximum Gasteiger partial charge on any atom is 0.272 e. The van der Waals surface area contributed by atoms with Crippen LogP contribution in [0, 0.1) is 13.8 Å². The Bertz CT molecular complexity index is 979. The summed E-state index contributed by atoms with van der Waals surface area (Å²) in [6.07, 6.45) is 1.83. The molecule has 3 aromatic rings. The Kier molecular flexibility index (Phi) is 4.99. The van der Waals surface area contributed by atoms with Gasteiger partial charge in [0.15, 0.2) is 0 Å². The second-order valence-corrected chi connectivity index (χ2v) is 7.07. The average Bonchev–Trinajstić information content (AvgIpc) is 2.89. The zero-order chi connectivity index (χ0) is 18.8. The van der Waals surface area contributed by atoms with Crippen LogP contribution in [0.5, 0.6) is 0 Å². The highest BCUT2D eigenvalue weighted by Gasteiger charge is 2.20. The van der Waals surface area contributed by atoms with Crippen molar-refractivity contribution in [2.75, 3.05) is 5.32 Å². The highest BCUT2D eigenvalue weighted by atomic mass is 16.2. The molecule has 0 radical (unpaired) electrons. The number of carbonyl (C=O) groups is 1. The minimum Gasteiger partial charge on any atom is -0.332 e. The summed E-state index contributed by atoms with van der Waals surface area (Å²) in [6.45, 7) is 12.9. The predicted molar refractivity (Wildman–Crippen MR) is 110 cm³/mol. The third-order valence-corrected chi connectivity index (χ3v) is 4.93. The van der Waals surface area contributed by atoms with Crippen LogP contribution >= 0.6 is 0 Å². The minimum atomic E-state index is -0.0825. The second-order valence-electron chi connectivity index (χ2n) is 7.07. The lowest BCUT2D eigenvalue weighted by Gasteiger charge is -2.12. The first-order valence-electron chi connectivity index (χ1n) is 9.04. The van der Waals surface area contributed by atoms with Crippen molar-refractivity contribution in [2.45, 2.75) is 40.2 Å². The van der Waals surface area contributed by atoms with Crippen LogP contribution in [0.4, 0.5) is 5.69 Å². The van der Waals surface area contributed by atoms with Crippen LogP contribution in [0.2, 0.25) is 0 Å². The van der Waals surface area contributed by atoms with Crippen molar-refractivity contribution in [3.63, 3.8) is 0 Å². The highest BCUT2D eigenvalue weighted by Crippen LogP contribution is 2.30. The van der Waals surface area contributed by atoms with Gasteiger partial charge in [-0.1, -0.05) is 44.2 Å². The number of aromatic nitrogens is 1. The number of allylic oxidation sites excluding steroid dienone is 1. The first-order chi connectivity index (χ1) is 12.4. The summed E-state index contributed by atoms with van der Waals surface area (Å²) in [6, 6.07) is 14.3. The Morgan fingerprint density at radius 3 is 2.58 bits per heavy atom. The normalized spacial score (nSPS) is 11.1. The number of carbonyl (C=O) groups excluding carboxylic acids is 1. The Morgan fingerprint density at radius 2 is 1.92 bits per heavy atom. The van der Waals surface area contributed by atoms with Gasteiger partial charge in [0.1, 0.15) is 5.69 Å². The van der Waals surface area contributed by atoms with E-state index in [9.17, 15) is 4.79 Å². The van der Waals surface area contributed by atoms with Gasteiger partial charge in [-0.05, 0) is 54.7 Å². The summed E-state index contributed by atoms with van der Waals surface area (Å²) in [7, 11) is 0. The number of nitrogens with zero attached hydrogens (tertiary/aromatic N) is 1. The van der Waals surface area contributed by atoms with E-state index in [0.29, 0.717) is 18.2 Å². The van der Waals surface area contributed by atoms with Gasteiger partial charge in [-0.15, -0.1) is 6.58 Å². The van der Waals surface area contributed by atoms with Crippen molar-refractivity contribution in [2.24, 2.45) is 0 Å². The van der Waals surface area contributed by atoms with Crippen LogP contribution in [-0.4, -0.2) is 10.5 Å². The van der Waals surface area contributed by atoms with E-state index in [2.05, 4.69) is 48.5 Å². The van der Waals surface area contributed by atoms with Gasteiger partial charge in [0.2, 0.25) is 0 Å². The minimum absolute atomic E-state index is 0.0825. The summed E-state index contributed by atoms with van der Waals surface area (Å²) < 4.78 is 2.05. The number of hydrogen-bond acceptors (Lipinski definition) is 1. The van der Waals surface area contributed by atoms with E-state index < -0.39 is 0 Å². The summed E-state index contributed by atoms with van der Waals surface area (Å²) in [5.74, 6) is 0.367. The van der Waals surface area contributed by atoms with Gasteiger partial charge in [-0.3, -0.25) is 4.79 Å². The zero-order valence-electron chi connectivity index (χ0n) is 16.0. The van der Waals surface area contributed by atoms with Crippen molar-refractivity contribution in [3.8, 4) is 0 Å². The zero-order valence-corrected chi connectivity index (χ0v) is 16.0. The van der Waals surface area contributed by atoms with E-state index in [1.54, 1.807) is 0 Å². The molecule has 0 atom stereocenters. The summed E-state index contributed by atoms with van der Waals surface area (Å²) in [4.78, 5) is 13.1. The molecule has 1 N–H and O–H groups in total. The third kappa shape index (κ3) is 3.17. The van der Waals surface area contributed by atoms with Crippen molar-refractivity contribution >= 4 is 22.5 Å². The summed E-state index contributed by atoms with van der Waals surface area (Å²) >= 11 is 0. The molecule has 3 heteroatoms.